The van der Waals surface area contributed by atoms with Gasteiger partial charge in [0.15, 0.2) is 17.4 Å². The smallest absolute Gasteiger partial charge is 0.230 e. The number of rotatable bonds is 2. The van der Waals surface area contributed by atoms with Crippen LogP contribution in [-0.2, 0) is 4.79 Å². The summed E-state index contributed by atoms with van der Waals surface area (Å²) in [5.74, 6) is -2.48. The number of carbonyl (C=O) groups is 1. The number of hydrogen-bond acceptors (Lipinski definition) is 5. The molecule has 1 aliphatic heterocycles. The molecule has 1 saturated heterocycles. The van der Waals surface area contributed by atoms with E-state index >= 15 is 0 Å². The molecule has 21 heavy (non-hydrogen) atoms. The summed E-state index contributed by atoms with van der Waals surface area (Å²) in [6, 6.07) is 2.80. The zero-order valence-electron chi connectivity index (χ0n) is 12.3. The zero-order chi connectivity index (χ0) is 16.0. The quantitative estimate of drug-likeness (QED) is 0.867. The van der Waals surface area contributed by atoms with Gasteiger partial charge in [-0.25, -0.2) is 9.37 Å². The first-order chi connectivity index (χ1) is 10.0. The minimum absolute atomic E-state index is 0.201. The van der Waals surface area contributed by atoms with Gasteiger partial charge in [0.1, 0.15) is 0 Å². The van der Waals surface area contributed by atoms with E-state index in [1.165, 1.54) is 0 Å². The molecule has 0 radical (unpaired) electrons. The molecule has 2 heterocycles. The van der Waals surface area contributed by atoms with Crippen molar-refractivity contribution in [1.82, 2.24) is 9.88 Å². The molecule has 0 spiro atoms. The Morgan fingerprint density at radius 3 is 2.86 bits per heavy atom. The minimum Gasteiger partial charge on any atom is -0.502 e. The Bertz CT molecular complexity index is 544. The van der Waals surface area contributed by atoms with Gasteiger partial charge in [0.25, 0.3) is 0 Å². The summed E-state index contributed by atoms with van der Waals surface area (Å²) in [5, 5.41) is 20.7. The second kappa shape index (κ2) is 7.55. The highest BCUT2D eigenvalue weighted by Crippen LogP contribution is 2.26. The summed E-state index contributed by atoms with van der Waals surface area (Å²) < 4.78 is 13.1. The highest BCUT2D eigenvalue weighted by atomic mass is 19.1. The first kappa shape index (κ1) is 16.9. The van der Waals surface area contributed by atoms with Crippen LogP contribution in [0.2, 0.25) is 0 Å². The molecule has 114 valence electrons. The lowest BCUT2D eigenvalue weighted by atomic mass is 10.1. The highest BCUT2D eigenvalue weighted by molar-refractivity contribution is 5.93. The number of pyridine rings is 1. The van der Waals surface area contributed by atoms with E-state index < -0.39 is 11.6 Å². The van der Waals surface area contributed by atoms with Crippen LogP contribution in [0.5, 0.6) is 5.75 Å². The van der Waals surface area contributed by atoms with Crippen LogP contribution < -0.4 is 5.32 Å². The predicted octanol–water partition coefficient (Wildman–Crippen LogP) is 1.73. The van der Waals surface area contributed by atoms with Crippen LogP contribution in [0, 0.1) is 23.1 Å². The van der Waals surface area contributed by atoms with Crippen molar-refractivity contribution in [2.75, 3.05) is 18.9 Å². The third-order valence-electron chi connectivity index (χ3n) is 3.18. The van der Waals surface area contributed by atoms with Gasteiger partial charge in [0, 0.05) is 12.7 Å². The molecule has 1 aromatic rings. The van der Waals surface area contributed by atoms with Crippen LogP contribution in [0.15, 0.2) is 12.3 Å². The van der Waals surface area contributed by atoms with E-state index in [2.05, 4.69) is 16.4 Å². The Morgan fingerprint density at radius 2 is 2.29 bits per heavy atom. The third-order valence-corrected chi connectivity index (χ3v) is 3.18. The average molecular weight is 294 g/mol. The molecule has 6 nitrogen and oxygen atoms in total. The van der Waals surface area contributed by atoms with Gasteiger partial charge in [0.2, 0.25) is 5.91 Å². The number of nitriles is 1. The Hall–Kier alpha value is -2.20. The average Bonchev–Trinajstić information content (AvgIpc) is 2.87. The zero-order valence-corrected chi connectivity index (χ0v) is 12.3. The molecule has 1 aliphatic rings. The molecule has 1 amide bonds. The van der Waals surface area contributed by atoms with Crippen molar-refractivity contribution < 1.29 is 14.3 Å². The van der Waals surface area contributed by atoms with Crippen LogP contribution in [0.25, 0.3) is 0 Å². The number of anilines is 1. The fraction of sp³-hybridized carbons (Fsp3) is 0.500. The number of nitrogens with one attached hydrogen (secondary N) is 1. The maximum Gasteiger partial charge on any atom is 0.230 e. The molecular weight excluding hydrogens is 275 g/mol. The fourth-order valence-electron chi connectivity index (χ4n) is 2.08. The molecule has 2 atom stereocenters. The van der Waals surface area contributed by atoms with Gasteiger partial charge in [0.05, 0.1) is 18.0 Å². The Kier molecular flexibility index (Phi) is 6.06. The van der Waals surface area contributed by atoms with E-state index in [4.69, 9.17) is 5.26 Å². The van der Waals surface area contributed by atoms with Gasteiger partial charge in [-0.05, 0) is 19.5 Å². The number of nitrogens with zero attached hydrogens (tertiary/aromatic N) is 3. The van der Waals surface area contributed by atoms with Crippen molar-refractivity contribution >= 4 is 11.7 Å². The topological polar surface area (TPSA) is 89.2 Å². The van der Waals surface area contributed by atoms with Crippen molar-refractivity contribution in [3.05, 3.63) is 18.1 Å². The first-order valence-electron chi connectivity index (χ1n) is 6.77. The molecule has 0 saturated carbocycles. The molecule has 0 bridgehead atoms. The number of carbonyl (C=O) groups excluding carboxylic acids is 1. The van der Waals surface area contributed by atoms with Gasteiger partial charge in [-0.3, -0.25) is 9.69 Å². The SMILES string of the molecule is CC.CN1CC(C(=O)Nc2nccc(F)c2O)CC1C#N. The molecule has 1 fully saturated rings. The second-order valence-electron chi connectivity index (χ2n) is 4.50. The van der Waals surface area contributed by atoms with Gasteiger partial charge < -0.3 is 10.4 Å². The number of aromatic hydroxyl groups is 1. The Morgan fingerprint density at radius 1 is 1.62 bits per heavy atom. The summed E-state index contributed by atoms with van der Waals surface area (Å²) in [7, 11) is 1.76. The Labute approximate surface area is 123 Å². The molecule has 2 N–H and O–H groups in total. The summed E-state index contributed by atoms with van der Waals surface area (Å²) in [5.41, 5.74) is 0. The number of likely N-dealkylation sites (tertiary alicyclic amines) is 1. The highest BCUT2D eigenvalue weighted by Gasteiger charge is 2.34. The van der Waals surface area contributed by atoms with E-state index in [-0.39, 0.29) is 23.7 Å². The van der Waals surface area contributed by atoms with Crippen molar-refractivity contribution in [2.45, 2.75) is 26.3 Å². The number of halogens is 1. The normalized spacial score (nSPS) is 21.1. The monoisotopic (exact) mass is 294 g/mol. The molecule has 7 heteroatoms. The standard InChI is InChI=1S/C12H13FN4O2.C2H6/c1-17-6-7(4-8(17)5-14)12(19)16-11-10(18)9(13)2-3-15-11;1-2/h2-3,7-8,18H,4,6H2,1H3,(H,15,16,19);1-2H3. The third kappa shape index (κ3) is 3.89. The molecule has 2 unspecified atom stereocenters. The molecule has 0 aliphatic carbocycles. The molecule has 2 rings (SSSR count). The van der Waals surface area contributed by atoms with Crippen molar-refractivity contribution in [3.8, 4) is 11.8 Å². The predicted molar refractivity (Wildman–Crippen MR) is 76.0 cm³/mol. The van der Waals surface area contributed by atoms with E-state index in [9.17, 15) is 14.3 Å². The maximum absolute atomic E-state index is 13.1. The van der Waals surface area contributed by atoms with Gasteiger partial charge in [-0.15, -0.1) is 0 Å². The first-order valence-corrected chi connectivity index (χ1v) is 6.77. The van der Waals surface area contributed by atoms with Crippen LogP contribution in [0.1, 0.15) is 20.3 Å². The molecular formula is C14H19FN4O2. The fourth-order valence-corrected chi connectivity index (χ4v) is 2.08. The van der Waals surface area contributed by atoms with Gasteiger partial charge in [-0.1, -0.05) is 13.8 Å². The lowest BCUT2D eigenvalue weighted by Crippen LogP contribution is -2.26. The Balaban J connectivity index is 0.00000106. The minimum atomic E-state index is -0.844. The summed E-state index contributed by atoms with van der Waals surface area (Å²) in [6.45, 7) is 4.44. The van der Waals surface area contributed by atoms with Crippen LogP contribution >= 0.6 is 0 Å². The molecule has 0 aromatic carbocycles. The van der Waals surface area contributed by atoms with E-state index in [1.54, 1.807) is 11.9 Å². The number of aromatic nitrogens is 1. The van der Waals surface area contributed by atoms with Crippen molar-refractivity contribution in [3.63, 3.8) is 0 Å². The summed E-state index contributed by atoms with van der Waals surface area (Å²) in [4.78, 5) is 17.5. The van der Waals surface area contributed by atoms with Crippen molar-refractivity contribution in [1.29, 1.82) is 5.26 Å². The summed E-state index contributed by atoms with van der Waals surface area (Å²) in [6.07, 6.45) is 1.57. The number of amides is 1. The van der Waals surface area contributed by atoms with Crippen LogP contribution in [0.3, 0.4) is 0 Å². The van der Waals surface area contributed by atoms with E-state index in [1.807, 2.05) is 13.8 Å². The van der Waals surface area contributed by atoms with E-state index in [0.29, 0.717) is 13.0 Å². The van der Waals surface area contributed by atoms with Gasteiger partial charge in [-0.2, -0.15) is 5.26 Å². The maximum atomic E-state index is 13.1. The van der Waals surface area contributed by atoms with Crippen LogP contribution in [0.4, 0.5) is 10.2 Å². The molecule has 1 aromatic heterocycles. The number of hydrogen-bond donors (Lipinski definition) is 2. The second-order valence-corrected chi connectivity index (χ2v) is 4.50. The lowest BCUT2D eigenvalue weighted by molar-refractivity contribution is -0.119. The lowest BCUT2D eigenvalue weighted by Gasteiger charge is -2.11. The van der Waals surface area contributed by atoms with Crippen molar-refractivity contribution in [2.24, 2.45) is 5.92 Å². The largest absolute Gasteiger partial charge is 0.502 e. The van der Waals surface area contributed by atoms with Crippen LogP contribution in [-0.4, -0.2) is 40.5 Å². The van der Waals surface area contributed by atoms with Gasteiger partial charge >= 0.3 is 0 Å². The van der Waals surface area contributed by atoms with E-state index in [0.717, 1.165) is 12.3 Å². The summed E-state index contributed by atoms with van der Waals surface area (Å²) >= 11 is 0.